The zero-order valence-electron chi connectivity index (χ0n) is 9.61. The first-order chi connectivity index (χ1) is 7.86. The van der Waals surface area contributed by atoms with E-state index in [1.807, 2.05) is 0 Å². The lowest BCUT2D eigenvalue weighted by molar-refractivity contribution is 0.459. The summed E-state index contributed by atoms with van der Waals surface area (Å²) in [6.07, 6.45) is 2.87. The quantitative estimate of drug-likeness (QED) is 0.781. The molecule has 0 fully saturated rings. The molecule has 6 heteroatoms. The summed E-state index contributed by atoms with van der Waals surface area (Å²) in [6, 6.07) is 2.03. The third kappa shape index (κ3) is 3.67. The molecule has 1 aromatic rings. The molecule has 3 N–H and O–H groups in total. The van der Waals surface area contributed by atoms with E-state index < -0.39 is 20.5 Å². The van der Waals surface area contributed by atoms with E-state index in [9.17, 15) is 17.9 Å². The number of phenols is 1. The Morgan fingerprint density at radius 1 is 1.35 bits per heavy atom. The second-order valence-electron chi connectivity index (χ2n) is 3.93. The van der Waals surface area contributed by atoms with Crippen molar-refractivity contribution in [2.24, 2.45) is 5.73 Å². The molecule has 0 saturated heterocycles. The molecule has 0 atom stereocenters. The summed E-state index contributed by atoms with van der Waals surface area (Å²) >= 11 is 0. The van der Waals surface area contributed by atoms with Crippen molar-refractivity contribution in [2.75, 3.05) is 12.8 Å². The van der Waals surface area contributed by atoms with Gasteiger partial charge in [-0.3, -0.25) is 0 Å². The second-order valence-corrected chi connectivity index (χ2v) is 5.91. The van der Waals surface area contributed by atoms with Gasteiger partial charge in [-0.1, -0.05) is 0 Å². The first-order valence-corrected chi connectivity index (χ1v) is 7.17. The number of aryl methyl sites for hydroxylation is 1. The van der Waals surface area contributed by atoms with Crippen molar-refractivity contribution in [3.63, 3.8) is 0 Å². The zero-order chi connectivity index (χ0) is 13.1. The molecule has 0 spiro atoms. The summed E-state index contributed by atoms with van der Waals surface area (Å²) < 4.78 is 35.9. The summed E-state index contributed by atoms with van der Waals surface area (Å²) in [5.41, 5.74) is 5.73. The van der Waals surface area contributed by atoms with Crippen molar-refractivity contribution < 1.29 is 17.9 Å². The van der Waals surface area contributed by atoms with Gasteiger partial charge in [0.2, 0.25) is 0 Å². The Bertz CT molecular complexity index is 500. The molecule has 1 aromatic carbocycles. The Hall–Kier alpha value is -1.14. The van der Waals surface area contributed by atoms with Gasteiger partial charge in [0.15, 0.2) is 9.84 Å². The highest BCUT2D eigenvalue weighted by Crippen LogP contribution is 2.26. The first-order valence-electron chi connectivity index (χ1n) is 5.27. The molecule has 0 aliphatic heterocycles. The van der Waals surface area contributed by atoms with Crippen LogP contribution in [0.2, 0.25) is 0 Å². The maximum Gasteiger partial charge on any atom is 0.178 e. The van der Waals surface area contributed by atoms with Crippen LogP contribution < -0.4 is 5.73 Å². The topological polar surface area (TPSA) is 80.4 Å². The van der Waals surface area contributed by atoms with Crippen molar-refractivity contribution in [3.8, 4) is 5.75 Å². The third-order valence-electron chi connectivity index (χ3n) is 2.43. The highest BCUT2D eigenvalue weighted by atomic mass is 32.2. The van der Waals surface area contributed by atoms with Crippen LogP contribution in [0.15, 0.2) is 17.0 Å². The molecule has 0 bridgehead atoms. The maximum atomic E-state index is 13.5. The smallest absolute Gasteiger partial charge is 0.178 e. The Labute approximate surface area is 100 Å². The van der Waals surface area contributed by atoms with Crippen molar-refractivity contribution in [1.82, 2.24) is 0 Å². The molecule has 0 aromatic heterocycles. The Kier molecular flexibility index (Phi) is 4.47. The van der Waals surface area contributed by atoms with Crippen LogP contribution >= 0.6 is 0 Å². The SMILES string of the molecule is CS(=O)(=O)c1cc(O)c(CCCCN)cc1F. The molecule has 0 heterocycles. The summed E-state index contributed by atoms with van der Waals surface area (Å²) in [5, 5.41) is 9.62. The Morgan fingerprint density at radius 2 is 2.00 bits per heavy atom. The van der Waals surface area contributed by atoms with Gasteiger partial charge in [0.25, 0.3) is 0 Å². The molecule has 0 aliphatic rings. The van der Waals surface area contributed by atoms with E-state index in [2.05, 4.69) is 0 Å². The minimum absolute atomic E-state index is 0.191. The maximum absolute atomic E-state index is 13.5. The first kappa shape index (κ1) is 13.9. The molecular formula is C11H16FNO3S. The molecule has 0 radical (unpaired) electrons. The Morgan fingerprint density at radius 3 is 2.53 bits per heavy atom. The number of rotatable bonds is 5. The van der Waals surface area contributed by atoms with Gasteiger partial charge in [0.05, 0.1) is 0 Å². The average Bonchev–Trinajstić information content (AvgIpc) is 2.21. The number of hydrogen-bond donors (Lipinski definition) is 2. The minimum atomic E-state index is -3.65. The van der Waals surface area contributed by atoms with Gasteiger partial charge in [-0.25, -0.2) is 12.8 Å². The van der Waals surface area contributed by atoms with E-state index in [0.29, 0.717) is 18.5 Å². The number of benzene rings is 1. The summed E-state index contributed by atoms with van der Waals surface area (Å²) in [5.74, 6) is -1.02. The van der Waals surface area contributed by atoms with Gasteiger partial charge in [0.1, 0.15) is 16.5 Å². The molecule has 0 unspecified atom stereocenters. The number of hydrogen-bond acceptors (Lipinski definition) is 4. The molecule has 0 aliphatic carbocycles. The molecule has 96 valence electrons. The number of phenolic OH excluding ortho intramolecular Hbond substituents is 1. The van der Waals surface area contributed by atoms with Crippen LogP contribution in [0.5, 0.6) is 5.75 Å². The van der Waals surface area contributed by atoms with Crippen molar-refractivity contribution in [1.29, 1.82) is 0 Å². The molecular weight excluding hydrogens is 245 g/mol. The molecule has 0 saturated carbocycles. The Balaban J connectivity index is 3.02. The molecule has 0 amide bonds. The minimum Gasteiger partial charge on any atom is -0.508 e. The monoisotopic (exact) mass is 261 g/mol. The fourth-order valence-electron chi connectivity index (χ4n) is 1.53. The van der Waals surface area contributed by atoms with Crippen LogP contribution in [0, 0.1) is 5.82 Å². The van der Waals surface area contributed by atoms with Crippen molar-refractivity contribution in [3.05, 3.63) is 23.5 Å². The average molecular weight is 261 g/mol. The highest BCUT2D eigenvalue weighted by molar-refractivity contribution is 7.90. The highest BCUT2D eigenvalue weighted by Gasteiger charge is 2.16. The molecule has 1 rings (SSSR count). The van der Waals surface area contributed by atoms with Gasteiger partial charge in [-0.05, 0) is 37.4 Å². The van der Waals surface area contributed by atoms with Gasteiger partial charge in [-0.15, -0.1) is 0 Å². The van der Waals surface area contributed by atoms with Crippen molar-refractivity contribution >= 4 is 9.84 Å². The number of halogens is 1. The van der Waals surface area contributed by atoms with E-state index in [1.165, 1.54) is 0 Å². The lowest BCUT2D eigenvalue weighted by Crippen LogP contribution is -2.03. The zero-order valence-corrected chi connectivity index (χ0v) is 10.4. The van der Waals surface area contributed by atoms with Gasteiger partial charge >= 0.3 is 0 Å². The van der Waals surface area contributed by atoms with Crippen LogP contribution in [0.1, 0.15) is 18.4 Å². The van der Waals surface area contributed by atoms with E-state index in [1.54, 1.807) is 0 Å². The second kappa shape index (κ2) is 5.46. The van der Waals surface area contributed by atoms with E-state index in [4.69, 9.17) is 5.73 Å². The number of nitrogens with two attached hydrogens (primary N) is 1. The lowest BCUT2D eigenvalue weighted by Gasteiger charge is -2.07. The lowest BCUT2D eigenvalue weighted by atomic mass is 10.1. The normalized spacial score (nSPS) is 11.7. The van der Waals surface area contributed by atoms with Crippen LogP contribution in [-0.4, -0.2) is 26.3 Å². The number of aromatic hydroxyl groups is 1. The summed E-state index contributed by atoms with van der Waals surface area (Å²) in [6.45, 7) is 0.532. The van der Waals surface area contributed by atoms with Crippen LogP contribution in [0.3, 0.4) is 0 Å². The van der Waals surface area contributed by atoms with Gasteiger partial charge < -0.3 is 10.8 Å². The predicted molar refractivity (Wildman–Crippen MR) is 63.2 cm³/mol. The van der Waals surface area contributed by atoms with Crippen LogP contribution in [0.4, 0.5) is 4.39 Å². The van der Waals surface area contributed by atoms with Crippen LogP contribution in [0.25, 0.3) is 0 Å². The fourth-order valence-corrected chi connectivity index (χ4v) is 2.27. The van der Waals surface area contributed by atoms with E-state index >= 15 is 0 Å². The third-order valence-corrected chi connectivity index (χ3v) is 3.54. The summed E-state index contributed by atoms with van der Waals surface area (Å²) in [7, 11) is -3.65. The van der Waals surface area contributed by atoms with Crippen LogP contribution in [-0.2, 0) is 16.3 Å². The largest absolute Gasteiger partial charge is 0.508 e. The van der Waals surface area contributed by atoms with Crippen molar-refractivity contribution in [2.45, 2.75) is 24.2 Å². The van der Waals surface area contributed by atoms with Gasteiger partial charge in [0, 0.05) is 12.3 Å². The summed E-state index contributed by atoms with van der Waals surface area (Å²) in [4.78, 5) is -0.474. The number of unbranched alkanes of at least 4 members (excludes halogenated alkanes) is 1. The fraction of sp³-hybridized carbons (Fsp3) is 0.455. The van der Waals surface area contributed by atoms with Gasteiger partial charge in [-0.2, -0.15) is 0 Å². The molecule has 17 heavy (non-hydrogen) atoms. The standard InChI is InChI=1S/C11H16FNO3S/c1-17(15,16)11-7-10(14)8(6-9(11)12)4-2-3-5-13/h6-7,14H,2-5,13H2,1H3. The van der Waals surface area contributed by atoms with E-state index in [0.717, 1.165) is 31.2 Å². The predicted octanol–water partition coefficient (Wildman–Crippen LogP) is 1.22. The van der Waals surface area contributed by atoms with E-state index in [-0.39, 0.29) is 5.75 Å². The number of sulfone groups is 1. The molecule has 4 nitrogen and oxygen atoms in total.